The number of anilines is 2. The van der Waals surface area contributed by atoms with Crippen molar-refractivity contribution in [2.24, 2.45) is 11.8 Å². The van der Waals surface area contributed by atoms with Crippen LogP contribution in [0.1, 0.15) is 33.1 Å². The van der Waals surface area contributed by atoms with E-state index in [1.807, 2.05) is 18.2 Å². The molecule has 0 amide bonds. The van der Waals surface area contributed by atoms with Gasteiger partial charge in [-0.05, 0) is 49.3 Å². The Morgan fingerprint density at radius 2 is 1.78 bits per heavy atom. The Balaban J connectivity index is 2.19. The van der Waals surface area contributed by atoms with Gasteiger partial charge < -0.3 is 10.6 Å². The second-order valence-electron chi connectivity index (χ2n) is 5.89. The van der Waals surface area contributed by atoms with E-state index >= 15 is 0 Å². The molecule has 0 aromatic heterocycles. The van der Waals surface area contributed by atoms with Gasteiger partial charge >= 0.3 is 0 Å². The van der Waals surface area contributed by atoms with Crippen molar-refractivity contribution in [3.63, 3.8) is 0 Å². The molecule has 1 fully saturated rings. The Kier molecular flexibility index (Phi) is 4.06. The van der Waals surface area contributed by atoms with E-state index in [2.05, 4.69) is 25.8 Å². The molecule has 0 radical (unpaired) electrons. The summed E-state index contributed by atoms with van der Waals surface area (Å²) < 4.78 is 0. The molecule has 100 valence electrons. The Labute approximate surface area is 115 Å². The normalized spacial score (nSPS) is 28.1. The lowest BCUT2D eigenvalue weighted by Crippen LogP contribution is -2.38. The topological polar surface area (TPSA) is 29.3 Å². The SMILES string of the molecule is CC1CC(C)CC(N(C)c2cc(Cl)ccc2N)C1. The first kappa shape index (κ1) is 13.5. The molecule has 2 N–H and O–H groups in total. The maximum Gasteiger partial charge on any atom is 0.0614 e. The predicted molar refractivity (Wildman–Crippen MR) is 80.2 cm³/mol. The molecule has 0 heterocycles. The summed E-state index contributed by atoms with van der Waals surface area (Å²) in [5.41, 5.74) is 7.94. The summed E-state index contributed by atoms with van der Waals surface area (Å²) in [7, 11) is 2.14. The summed E-state index contributed by atoms with van der Waals surface area (Å²) >= 11 is 6.07. The molecule has 0 saturated heterocycles. The minimum atomic E-state index is 0.574. The van der Waals surface area contributed by atoms with Gasteiger partial charge in [0.15, 0.2) is 0 Å². The highest BCUT2D eigenvalue weighted by molar-refractivity contribution is 6.31. The molecule has 0 bridgehead atoms. The first-order valence-electron chi connectivity index (χ1n) is 6.75. The molecule has 0 spiro atoms. The molecule has 18 heavy (non-hydrogen) atoms. The molecule has 2 atom stereocenters. The van der Waals surface area contributed by atoms with E-state index in [0.29, 0.717) is 6.04 Å². The van der Waals surface area contributed by atoms with E-state index in [-0.39, 0.29) is 0 Å². The maximum absolute atomic E-state index is 6.07. The zero-order chi connectivity index (χ0) is 13.3. The standard InChI is InChI=1S/C15H23ClN2/c1-10-6-11(2)8-13(7-10)18(3)15-9-12(16)4-5-14(15)17/h4-5,9-11,13H,6-8,17H2,1-3H3. The van der Waals surface area contributed by atoms with Gasteiger partial charge in [0.1, 0.15) is 0 Å². The van der Waals surface area contributed by atoms with Crippen LogP contribution in [0.2, 0.25) is 5.02 Å². The Bertz CT molecular complexity index is 409. The van der Waals surface area contributed by atoms with E-state index in [0.717, 1.165) is 28.2 Å². The molecule has 2 rings (SSSR count). The van der Waals surface area contributed by atoms with Crippen molar-refractivity contribution >= 4 is 23.0 Å². The van der Waals surface area contributed by atoms with Crippen LogP contribution >= 0.6 is 11.6 Å². The van der Waals surface area contributed by atoms with Gasteiger partial charge in [0.05, 0.1) is 11.4 Å². The van der Waals surface area contributed by atoms with Crippen LogP contribution < -0.4 is 10.6 Å². The molecule has 1 aromatic rings. The molecular formula is C15H23ClN2. The lowest BCUT2D eigenvalue weighted by molar-refractivity contribution is 0.264. The lowest BCUT2D eigenvalue weighted by atomic mass is 9.80. The summed E-state index contributed by atoms with van der Waals surface area (Å²) in [5.74, 6) is 1.59. The largest absolute Gasteiger partial charge is 0.397 e. The quantitative estimate of drug-likeness (QED) is 0.814. The van der Waals surface area contributed by atoms with E-state index < -0.39 is 0 Å². The summed E-state index contributed by atoms with van der Waals surface area (Å²) in [6, 6.07) is 6.29. The van der Waals surface area contributed by atoms with Crippen LogP contribution in [0, 0.1) is 11.8 Å². The zero-order valence-corrected chi connectivity index (χ0v) is 12.2. The van der Waals surface area contributed by atoms with Crippen molar-refractivity contribution in [2.45, 2.75) is 39.2 Å². The molecule has 1 aliphatic carbocycles. The molecular weight excluding hydrogens is 244 g/mol. The van der Waals surface area contributed by atoms with Crippen molar-refractivity contribution in [3.8, 4) is 0 Å². The molecule has 0 aliphatic heterocycles. The third-order valence-corrected chi connectivity index (χ3v) is 4.31. The van der Waals surface area contributed by atoms with Crippen molar-refractivity contribution in [2.75, 3.05) is 17.7 Å². The minimum Gasteiger partial charge on any atom is -0.397 e. The Hall–Kier alpha value is -0.890. The fourth-order valence-corrected chi connectivity index (χ4v) is 3.41. The van der Waals surface area contributed by atoms with E-state index in [1.165, 1.54) is 19.3 Å². The highest BCUT2D eigenvalue weighted by Crippen LogP contribution is 2.35. The second-order valence-corrected chi connectivity index (χ2v) is 6.32. The molecule has 3 heteroatoms. The number of nitrogens with two attached hydrogens (primary N) is 1. The van der Waals surface area contributed by atoms with Crippen LogP contribution in [0.4, 0.5) is 11.4 Å². The van der Waals surface area contributed by atoms with Crippen molar-refractivity contribution in [1.29, 1.82) is 0 Å². The summed E-state index contributed by atoms with van der Waals surface area (Å²) in [5, 5.41) is 0.753. The van der Waals surface area contributed by atoms with E-state index in [4.69, 9.17) is 17.3 Å². The highest BCUT2D eigenvalue weighted by atomic mass is 35.5. The summed E-state index contributed by atoms with van der Waals surface area (Å²) in [4.78, 5) is 2.31. The Morgan fingerprint density at radius 3 is 2.39 bits per heavy atom. The van der Waals surface area contributed by atoms with Gasteiger partial charge in [-0.1, -0.05) is 25.4 Å². The van der Waals surface area contributed by atoms with Gasteiger partial charge in [-0.25, -0.2) is 0 Å². The molecule has 2 nitrogen and oxygen atoms in total. The number of hydrogen-bond acceptors (Lipinski definition) is 2. The smallest absolute Gasteiger partial charge is 0.0614 e. The highest BCUT2D eigenvalue weighted by Gasteiger charge is 2.27. The number of rotatable bonds is 2. The zero-order valence-electron chi connectivity index (χ0n) is 11.5. The summed E-state index contributed by atoms with van der Waals surface area (Å²) in [6.45, 7) is 4.69. The van der Waals surface area contributed by atoms with Crippen LogP contribution in [0.3, 0.4) is 0 Å². The van der Waals surface area contributed by atoms with Crippen LogP contribution in [-0.2, 0) is 0 Å². The van der Waals surface area contributed by atoms with Crippen LogP contribution in [0.15, 0.2) is 18.2 Å². The van der Waals surface area contributed by atoms with Gasteiger partial charge in [-0.15, -0.1) is 0 Å². The lowest BCUT2D eigenvalue weighted by Gasteiger charge is -2.39. The first-order valence-corrected chi connectivity index (χ1v) is 7.13. The second kappa shape index (κ2) is 5.40. The van der Waals surface area contributed by atoms with Gasteiger partial charge in [-0.3, -0.25) is 0 Å². The number of nitrogens with zero attached hydrogens (tertiary/aromatic N) is 1. The van der Waals surface area contributed by atoms with E-state index in [9.17, 15) is 0 Å². The average Bonchev–Trinajstić information content (AvgIpc) is 2.30. The molecule has 2 unspecified atom stereocenters. The van der Waals surface area contributed by atoms with Crippen molar-refractivity contribution in [3.05, 3.63) is 23.2 Å². The van der Waals surface area contributed by atoms with Gasteiger partial charge in [0.25, 0.3) is 0 Å². The molecule has 1 aromatic carbocycles. The van der Waals surface area contributed by atoms with Gasteiger partial charge in [0.2, 0.25) is 0 Å². The monoisotopic (exact) mass is 266 g/mol. The molecule has 1 saturated carbocycles. The maximum atomic E-state index is 6.07. The third kappa shape index (κ3) is 2.92. The van der Waals surface area contributed by atoms with E-state index in [1.54, 1.807) is 0 Å². The van der Waals surface area contributed by atoms with Crippen molar-refractivity contribution in [1.82, 2.24) is 0 Å². The van der Waals surface area contributed by atoms with Crippen LogP contribution in [-0.4, -0.2) is 13.1 Å². The number of halogens is 1. The van der Waals surface area contributed by atoms with Gasteiger partial charge in [-0.2, -0.15) is 0 Å². The van der Waals surface area contributed by atoms with Crippen LogP contribution in [0.5, 0.6) is 0 Å². The van der Waals surface area contributed by atoms with Crippen molar-refractivity contribution < 1.29 is 0 Å². The third-order valence-electron chi connectivity index (χ3n) is 4.07. The first-order chi connectivity index (χ1) is 8.47. The van der Waals surface area contributed by atoms with Gasteiger partial charge in [0, 0.05) is 18.1 Å². The molecule has 1 aliphatic rings. The number of hydrogen-bond donors (Lipinski definition) is 1. The fraction of sp³-hybridized carbons (Fsp3) is 0.600. The number of benzene rings is 1. The fourth-order valence-electron chi connectivity index (χ4n) is 3.24. The average molecular weight is 267 g/mol. The number of nitrogen functional groups attached to an aromatic ring is 1. The minimum absolute atomic E-state index is 0.574. The summed E-state index contributed by atoms with van der Waals surface area (Å²) in [6.07, 6.45) is 3.83. The predicted octanol–water partition coefficient (Wildman–Crippen LogP) is 4.18. The van der Waals surface area contributed by atoms with Crippen LogP contribution in [0.25, 0.3) is 0 Å². The Morgan fingerprint density at radius 1 is 1.17 bits per heavy atom.